The molecule has 3 aromatic carbocycles. The van der Waals surface area contributed by atoms with Crippen molar-refractivity contribution in [3.05, 3.63) is 106 Å². The number of rotatable bonds is 3. The zero-order chi connectivity index (χ0) is 20.9. The topological polar surface area (TPSA) is 16.1 Å². The van der Waals surface area contributed by atoms with E-state index in [4.69, 9.17) is 0 Å². The summed E-state index contributed by atoms with van der Waals surface area (Å²) in [5.74, 6) is 0.520. The lowest BCUT2D eigenvalue weighted by Gasteiger charge is -2.27. The van der Waals surface area contributed by atoms with Crippen LogP contribution in [0.15, 0.2) is 89.5 Å². The van der Waals surface area contributed by atoms with E-state index in [-0.39, 0.29) is 11.2 Å². The molecule has 0 fully saturated rings. The maximum absolute atomic E-state index is 13.6. The molecule has 1 aliphatic carbocycles. The van der Waals surface area contributed by atoms with Crippen molar-refractivity contribution in [2.45, 2.75) is 19.3 Å². The summed E-state index contributed by atoms with van der Waals surface area (Å²) < 4.78 is 14.5. The van der Waals surface area contributed by atoms with Crippen LogP contribution in [0, 0.1) is 5.82 Å². The second-order valence-electron chi connectivity index (χ2n) is 8.05. The van der Waals surface area contributed by atoms with Gasteiger partial charge in [-0.25, -0.2) is 9.37 Å². The Morgan fingerprint density at radius 1 is 0.800 bits per heavy atom. The minimum atomic E-state index is -0.256. The highest BCUT2D eigenvalue weighted by Crippen LogP contribution is 2.50. The maximum atomic E-state index is 13.6. The lowest BCUT2D eigenvalue weighted by atomic mass is 9.82. The first-order chi connectivity index (χ1) is 14.4. The maximum Gasteiger partial charge on any atom is 0.137 e. The zero-order valence-electron chi connectivity index (χ0n) is 16.7. The third-order valence-corrected chi connectivity index (χ3v) is 6.32. The van der Waals surface area contributed by atoms with Crippen molar-refractivity contribution in [1.82, 2.24) is 4.98 Å². The molecule has 0 radical (unpaired) electrons. The number of aromatic nitrogens is 1. The summed E-state index contributed by atoms with van der Waals surface area (Å²) >= 11 is 3.46. The first-order valence-corrected chi connectivity index (χ1v) is 10.7. The minimum Gasteiger partial charge on any atom is -0.295 e. The lowest BCUT2D eigenvalue weighted by Crippen LogP contribution is -2.17. The number of benzene rings is 3. The SMILES string of the molecule is CC1(C)c2ccccc2-c2ccc(N(c3ccc(F)cc3)c3ccc(Br)cn3)cc21. The van der Waals surface area contributed by atoms with E-state index in [0.29, 0.717) is 0 Å². The Labute approximate surface area is 184 Å². The van der Waals surface area contributed by atoms with Crippen molar-refractivity contribution in [2.75, 3.05) is 4.90 Å². The molecule has 0 atom stereocenters. The second kappa shape index (κ2) is 7.06. The number of fused-ring (bicyclic) bond motifs is 3. The van der Waals surface area contributed by atoms with Crippen LogP contribution in [-0.2, 0) is 5.41 Å². The highest BCUT2D eigenvalue weighted by molar-refractivity contribution is 9.10. The zero-order valence-corrected chi connectivity index (χ0v) is 18.3. The average Bonchev–Trinajstić information content (AvgIpc) is 2.98. The Bertz CT molecular complexity index is 1190. The monoisotopic (exact) mass is 458 g/mol. The first kappa shape index (κ1) is 19.0. The van der Waals surface area contributed by atoms with Gasteiger partial charge in [0.1, 0.15) is 11.6 Å². The molecule has 0 amide bonds. The lowest BCUT2D eigenvalue weighted by molar-refractivity contribution is 0.628. The van der Waals surface area contributed by atoms with Gasteiger partial charge in [-0.1, -0.05) is 44.2 Å². The summed E-state index contributed by atoms with van der Waals surface area (Å²) in [6.07, 6.45) is 1.78. The molecular formula is C26H20BrFN2. The quantitative estimate of drug-likeness (QED) is 0.311. The van der Waals surface area contributed by atoms with Crippen molar-refractivity contribution in [1.29, 1.82) is 0 Å². The van der Waals surface area contributed by atoms with Crippen molar-refractivity contribution in [3.63, 3.8) is 0 Å². The van der Waals surface area contributed by atoms with Gasteiger partial charge in [-0.05, 0) is 86.7 Å². The van der Waals surface area contributed by atoms with Crippen molar-refractivity contribution in [3.8, 4) is 11.1 Å². The molecule has 0 aliphatic heterocycles. The minimum absolute atomic E-state index is 0.0937. The standard InChI is InChI=1S/C26H20BrFN2/c1-26(2)23-6-4-3-5-21(23)22-13-12-20(15-24(22)26)30(19-10-8-18(28)9-11-19)25-14-7-17(27)16-29-25/h3-16H,1-2H3. The predicted molar refractivity (Wildman–Crippen MR) is 124 cm³/mol. The molecule has 0 N–H and O–H groups in total. The normalized spacial score (nSPS) is 13.6. The predicted octanol–water partition coefficient (Wildman–Crippen LogP) is 7.76. The third-order valence-electron chi connectivity index (χ3n) is 5.85. The summed E-state index contributed by atoms with van der Waals surface area (Å²) in [7, 11) is 0. The Balaban J connectivity index is 1.69. The smallest absolute Gasteiger partial charge is 0.137 e. The first-order valence-electron chi connectivity index (χ1n) is 9.87. The molecule has 1 aliphatic rings. The highest BCUT2D eigenvalue weighted by Gasteiger charge is 2.35. The molecule has 0 spiro atoms. The molecular weight excluding hydrogens is 439 g/mol. The van der Waals surface area contributed by atoms with Gasteiger partial charge in [0, 0.05) is 27.5 Å². The van der Waals surface area contributed by atoms with Gasteiger partial charge in [0.05, 0.1) is 0 Å². The summed E-state index contributed by atoms with van der Waals surface area (Å²) in [4.78, 5) is 6.67. The van der Waals surface area contributed by atoms with E-state index in [1.165, 1.54) is 34.4 Å². The number of halogens is 2. The van der Waals surface area contributed by atoms with Crippen LogP contribution in [0.4, 0.5) is 21.6 Å². The van der Waals surface area contributed by atoms with E-state index >= 15 is 0 Å². The van der Waals surface area contributed by atoms with E-state index in [1.54, 1.807) is 18.3 Å². The van der Waals surface area contributed by atoms with Crippen molar-refractivity contribution >= 4 is 33.1 Å². The second-order valence-corrected chi connectivity index (χ2v) is 8.96. The number of nitrogens with zero attached hydrogens (tertiary/aromatic N) is 2. The fraction of sp³-hybridized carbons (Fsp3) is 0.115. The third kappa shape index (κ3) is 3.03. The van der Waals surface area contributed by atoms with Crippen LogP contribution in [0.3, 0.4) is 0 Å². The van der Waals surface area contributed by atoms with Gasteiger partial charge in [-0.3, -0.25) is 4.90 Å². The van der Waals surface area contributed by atoms with Crippen LogP contribution < -0.4 is 4.90 Å². The van der Waals surface area contributed by atoms with Crippen LogP contribution in [0.2, 0.25) is 0 Å². The molecule has 0 bridgehead atoms. The van der Waals surface area contributed by atoms with E-state index in [9.17, 15) is 4.39 Å². The van der Waals surface area contributed by atoms with Gasteiger partial charge in [-0.2, -0.15) is 0 Å². The average molecular weight is 459 g/mol. The van der Waals surface area contributed by atoms with E-state index in [0.717, 1.165) is 21.7 Å². The van der Waals surface area contributed by atoms with E-state index < -0.39 is 0 Å². The Morgan fingerprint density at radius 3 is 2.23 bits per heavy atom. The van der Waals surface area contributed by atoms with E-state index in [2.05, 4.69) is 82.1 Å². The molecule has 1 heterocycles. The van der Waals surface area contributed by atoms with Gasteiger partial charge < -0.3 is 0 Å². The summed E-state index contributed by atoms with van der Waals surface area (Å²) in [5, 5.41) is 0. The largest absolute Gasteiger partial charge is 0.295 e. The highest BCUT2D eigenvalue weighted by atomic mass is 79.9. The Morgan fingerprint density at radius 2 is 1.50 bits per heavy atom. The Kier molecular flexibility index (Phi) is 4.48. The van der Waals surface area contributed by atoms with Gasteiger partial charge >= 0.3 is 0 Å². The van der Waals surface area contributed by atoms with Crippen LogP contribution in [0.25, 0.3) is 11.1 Å². The summed E-state index contributed by atoms with van der Waals surface area (Å²) in [5.41, 5.74) is 6.94. The summed E-state index contributed by atoms with van der Waals surface area (Å²) in [6.45, 7) is 4.53. The van der Waals surface area contributed by atoms with Crippen molar-refractivity contribution in [2.24, 2.45) is 0 Å². The van der Waals surface area contributed by atoms with E-state index in [1.807, 2.05) is 12.1 Å². The fourth-order valence-electron chi connectivity index (χ4n) is 4.34. The molecule has 2 nitrogen and oxygen atoms in total. The number of anilines is 3. The van der Waals surface area contributed by atoms with Gasteiger partial charge in [0.15, 0.2) is 0 Å². The van der Waals surface area contributed by atoms with Gasteiger partial charge in [-0.15, -0.1) is 0 Å². The number of pyridine rings is 1. The van der Waals surface area contributed by atoms with Crippen molar-refractivity contribution < 1.29 is 4.39 Å². The molecule has 4 aromatic rings. The molecule has 30 heavy (non-hydrogen) atoms. The van der Waals surface area contributed by atoms with Crippen LogP contribution in [-0.4, -0.2) is 4.98 Å². The molecule has 4 heteroatoms. The van der Waals surface area contributed by atoms with Crippen LogP contribution in [0.1, 0.15) is 25.0 Å². The fourth-order valence-corrected chi connectivity index (χ4v) is 4.57. The molecule has 1 aromatic heterocycles. The molecule has 0 saturated heterocycles. The molecule has 0 saturated carbocycles. The summed E-state index contributed by atoms with van der Waals surface area (Å²) in [6, 6.07) is 25.6. The molecule has 0 unspecified atom stereocenters. The van der Waals surface area contributed by atoms with Gasteiger partial charge in [0.25, 0.3) is 0 Å². The number of hydrogen-bond acceptors (Lipinski definition) is 2. The van der Waals surface area contributed by atoms with Gasteiger partial charge in [0.2, 0.25) is 0 Å². The Hall–Kier alpha value is -2.98. The molecule has 148 valence electrons. The molecule has 5 rings (SSSR count). The number of hydrogen-bond donors (Lipinski definition) is 0. The van der Waals surface area contributed by atoms with Crippen LogP contribution >= 0.6 is 15.9 Å². The van der Waals surface area contributed by atoms with Crippen LogP contribution in [0.5, 0.6) is 0 Å².